The Balaban J connectivity index is 1.89. The Morgan fingerprint density at radius 3 is 2.57 bits per heavy atom. The summed E-state index contributed by atoms with van der Waals surface area (Å²) in [7, 11) is 1.88. The fourth-order valence-corrected chi connectivity index (χ4v) is 2.84. The molecule has 1 atom stereocenters. The maximum Gasteiger partial charge on any atom is 0.137 e. The molecule has 0 amide bonds. The molecule has 0 aliphatic heterocycles. The Labute approximate surface area is 137 Å². The SMILES string of the molecule is [13CH3]n1nnc2ccc(C(c3ccc(Cl)cc3)n3cncn3)cc21. The molecule has 7 heteroatoms. The fourth-order valence-electron chi connectivity index (χ4n) is 2.71. The van der Waals surface area contributed by atoms with Crippen LogP contribution in [-0.4, -0.2) is 29.8 Å². The van der Waals surface area contributed by atoms with E-state index in [0.717, 1.165) is 22.2 Å². The average Bonchev–Trinajstić information content (AvgIpc) is 3.21. The summed E-state index contributed by atoms with van der Waals surface area (Å²) in [5.74, 6) is 0. The smallest absolute Gasteiger partial charge is 0.137 e. The van der Waals surface area contributed by atoms with Gasteiger partial charge in [0.1, 0.15) is 24.2 Å². The molecule has 0 saturated heterocycles. The Hall–Kier alpha value is -2.73. The van der Waals surface area contributed by atoms with E-state index in [1.54, 1.807) is 11.0 Å². The zero-order valence-electron chi connectivity index (χ0n) is 12.3. The molecule has 114 valence electrons. The number of hydrogen-bond donors (Lipinski definition) is 0. The zero-order valence-corrected chi connectivity index (χ0v) is 13.1. The molecule has 0 N–H and O–H groups in total. The van der Waals surface area contributed by atoms with Crippen molar-refractivity contribution >= 4 is 22.6 Å². The Bertz CT molecular complexity index is 943. The summed E-state index contributed by atoms with van der Waals surface area (Å²) in [6.07, 6.45) is 3.25. The quantitative estimate of drug-likeness (QED) is 0.543. The summed E-state index contributed by atoms with van der Waals surface area (Å²) in [6, 6.07) is 13.8. The van der Waals surface area contributed by atoms with Crippen molar-refractivity contribution < 1.29 is 0 Å². The van der Waals surface area contributed by atoms with Crippen LogP contribution in [0.2, 0.25) is 5.02 Å². The lowest BCUT2D eigenvalue weighted by molar-refractivity contribution is 0.594. The summed E-state index contributed by atoms with van der Waals surface area (Å²) >= 11 is 6.02. The van der Waals surface area contributed by atoms with Crippen LogP contribution in [0.15, 0.2) is 55.1 Å². The molecule has 0 saturated carbocycles. The summed E-state index contributed by atoms with van der Waals surface area (Å²) in [4.78, 5) is 4.08. The highest BCUT2D eigenvalue weighted by Crippen LogP contribution is 2.28. The lowest BCUT2D eigenvalue weighted by Gasteiger charge is -2.18. The van der Waals surface area contributed by atoms with Crippen LogP contribution >= 0.6 is 11.6 Å². The molecule has 0 fully saturated rings. The molecule has 2 aromatic heterocycles. The summed E-state index contributed by atoms with van der Waals surface area (Å²) < 4.78 is 3.59. The van der Waals surface area contributed by atoms with Crippen molar-refractivity contribution in [1.82, 2.24) is 29.8 Å². The van der Waals surface area contributed by atoms with Gasteiger partial charge in [0.15, 0.2) is 0 Å². The van der Waals surface area contributed by atoms with Gasteiger partial charge in [-0.2, -0.15) is 5.10 Å². The second kappa shape index (κ2) is 5.48. The minimum atomic E-state index is -0.0888. The Kier molecular flexibility index (Phi) is 3.31. The monoisotopic (exact) mass is 325 g/mol. The van der Waals surface area contributed by atoms with Gasteiger partial charge in [-0.15, -0.1) is 5.10 Å². The molecule has 4 rings (SSSR count). The van der Waals surface area contributed by atoms with Gasteiger partial charge in [0.25, 0.3) is 0 Å². The highest BCUT2D eigenvalue weighted by molar-refractivity contribution is 6.30. The van der Waals surface area contributed by atoms with Crippen LogP contribution in [0.25, 0.3) is 11.0 Å². The topological polar surface area (TPSA) is 61.4 Å². The van der Waals surface area contributed by atoms with Gasteiger partial charge >= 0.3 is 0 Å². The van der Waals surface area contributed by atoms with E-state index in [9.17, 15) is 0 Å². The normalized spacial score (nSPS) is 12.6. The van der Waals surface area contributed by atoms with Crippen molar-refractivity contribution in [3.8, 4) is 0 Å². The highest BCUT2D eigenvalue weighted by atomic mass is 35.5. The number of hydrogen-bond acceptors (Lipinski definition) is 4. The molecule has 23 heavy (non-hydrogen) atoms. The van der Waals surface area contributed by atoms with Gasteiger partial charge in [0, 0.05) is 12.1 Å². The van der Waals surface area contributed by atoms with E-state index in [2.05, 4.69) is 26.5 Å². The number of rotatable bonds is 3. The molecule has 6 nitrogen and oxygen atoms in total. The van der Waals surface area contributed by atoms with Crippen LogP contribution in [0.3, 0.4) is 0 Å². The first-order valence-corrected chi connectivity index (χ1v) is 7.49. The lowest BCUT2D eigenvalue weighted by atomic mass is 9.98. The second-order valence-electron chi connectivity index (χ2n) is 5.29. The van der Waals surface area contributed by atoms with Crippen molar-refractivity contribution in [1.29, 1.82) is 0 Å². The third-order valence-corrected chi connectivity index (χ3v) is 4.09. The minimum absolute atomic E-state index is 0.0888. The standard InChI is InChI=1S/C16H13ClN6/c1-22-15-8-12(4-7-14(15)20-21-22)16(23-10-18-9-19-23)11-2-5-13(17)6-3-11/h2-10,16H,1H3/i1+1. The van der Waals surface area contributed by atoms with Crippen molar-refractivity contribution in [2.24, 2.45) is 7.05 Å². The van der Waals surface area contributed by atoms with E-state index in [1.165, 1.54) is 6.33 Å². The molecule has 4 aromatic rings. The van der Waals surface area contributed by atoms with Crippen LogP contribution in [-0.2, 0) is 7.05 Å². The van der Waals surface area contributed by atoms with Gasteiger partial charge in [0.2, 0.25) is 0 Å². The summed E-state index contributed by atoms with van der Waals surface area (Å²) in [6.45, 7) is 0. The van der Waals surface area contributed by atoms with Gasteiger partial charge in [0.05, 0.1) is 5.52 Å². The van der Waals surface area contributed by atoms with Crippen LogP contribution in [0.4, 0.5) is 0 Å². The molecule has 2 aromatic carbocycles. The first-order valence-electron chi connectivity index (χ1n) is 7.11. The van der Waals surface area contributed by atoms with Crippen LogP contribution in [0.5, 0.6) is 0 Å². The number of nitrogens with zero attached hydrogens (tertiary/aromatic N) is 6. The first kappa shape index (κ1) is 13.9. The van der Waals surface area contributed by atoms with Crippen LogP contribution in [0.1, 0.15) is 17.2 Å². The van der Waals surface area contributed by atoms with Gasteiger partial charge in [-0.3, -0.25) is 0 Å². The molecular weight excluding hydrogens is 313 g/mol. The number of aromatic nitrogens is 6. The van der Waals surface area contributed by atoms with Crippen LogP contribution in [0, 0.1) is 0 Å². The maximum atomic E-state index is 6.02. The van der Waals surface area contributed by atoms with Crippen molar-refractivity contribution in [3.63, 3.8) is 0 Å². The fraction of sp³-hybridized carbons (Fsp3) is 0.125. The van der Waals surface area contributed by atoms with E-state index in [4.69, 9.17) is 11.6 Å². The van der Waals surface area contributed by atoms with Crippen molar-refractivity contribution in [3.05, 3.63) is 71.3 Å². The van der Waals surface area contributed by atoms with E-state index in [1.807, 2.05) is 48.1 Å². The van der Waals surface area contributed by atoms with E-state index < -0.39 is 0 Å². The first-order chi connectivity index (χ1) is 11.2. The average molecular weight is 326 g/mol. The highest BCUT2D eigenvalue weighted by Gasteiger charge is 2.18. The number of benzene rings is 2. The number of halogens is 1. The number of aryl methyl sites for hydroxylation is 1. The predicted molar refractivity (Wildman–Crippen MR) is 87.2 cm³/mol. The molecule has 2 heterocycles. The maximum absolute atomic E-state index is 6.02. The van der Waals surface area contributed by atoms with Gasteiger partial charge < -0.3 is 0 Å². The Morgan fingerprint density at radius 1 is 1.04 bits per heavy atom. The van der Waals surface area contributed by atoms with Gasteiger partial charge in [-0.05, 0) is 35.4 Å². The zero-order chi connectivity index (χ0) is 15.8. The summed E-state index contributed by atoms with van der Waals surface area (Å²) in [5.41, 5.74) is 4.00. The predicted octanol–water partition coefficient (Wildman–Crippen LogP) is 2.85. The molecule has 1 unspecified atom stereocenters. The van der Waals surface area contributed by atoms with E-state index >= 15 is 0 Å². The minimum Gasteiger partial charge on any atom is -0.248 e. The molecule has 0 aliphatic carbocycles. The van der Waals surface area contributed by atoms with E-state index in [0.29, 0.717) is 5.02 Å². The summed E-state index contributed by atoms with van der Waals surface area (Å²) in [5, 5.41) is 13.2. The van der Waals surface area contributed by atoms with Crippen molar-refractivity contribution in [2.45, 2.75) is 6.04 Å². The third kappa shape index (κ3) is 2.47. The van der Waals surface area contributed by atoms with Crippen LogP contribution < -0.4 is 0 Å². The molecule has 0 radical (unpaired) electrons. The molecule has 0 aliphatic rings. The number of fused-ring (bicyclic) bond motifs is 1. The second-order valence-corrected chi connectivity index (χ2v) is 5.73. The molecule has 0 spiro atoms. The third-order valence-electron chi connectivity index (χ3n) is 3.84. The Morgan fingerprint density at radius 2 is 1.83 bits per heavy atom. The lowest BCUT2D eigenvalue weighted by Crippen LogP contribution is -2.13. The van der Waals surface area contributed by atoms with E-state index in [-0.39, 0.29) is 6.04 Å². The molecular formula is C16H13ClN6. The van der Waals surface area contributed by atoms with Gasteiger partial charge in [-0.1, -0.05) is 35.0 Å². The van der Waals surface area contributed by atoms with Gasteiger partial charge in [-0.25, -0.2) is 14.3 Å². The van der Waals surface area contributed by atoms with Crippen molar-refractivity contribution in [2.75, 3.05) is 0 Å². The largest absolute Gasteiger partial charge is 0.248 e. The molecule has 0 bridgehead atoms.